The molecule has 14 atom stereocenters. The highest BCUT2D eigenvalue weighted by atomic mass is 16.6. The minimum absolute atomic E-state index is 0.0341. The summed E-state index contributed by atoms with van der Waals surface area (Å²) in [5, 5.41) is 21.8. The van der Waals surface area contributed by atoms with E-state index < -0.39 is 23.0 Å². The summed E-state index contributed by atoms with van der Waals surface area (Å²) in [5.41, 5.74) is 1.18. The van der Waals surface area contributed by atoms with Crippen molar-refractivity contribution in [2.45, 2.75) is 190 Å². The molecule has 0 aliphatic heterocycles. The molecule has 0 saturated heterocycles. The molecule has 8 rings (SSSR count). The van der Waals surface area contributed by atoms with Crippen LogP contribution in [0.25, 0.3) is 0 Å². The van der Waals surface area contributed by atoms with Crippen LogP contribution >= 0.6 is 0 Å². The molecule has 8 nitrogen and oxygen atoms in total. The maximum atomic E-state index is 13.9. The Morgan fingerprint density at radius 1 is 0.551 bits per heavy atom. The van der Waals surface area contributed by atoms with E-state index in [1.165, 1.54) is 64.2 Å². The second-order valence-electron chi connectivity index (χ2n) is 26.0. The van der Waals surface area contributed by atoms with Gasteiger partial charge in [-0.1, -0.05) is 92.5 Å². The molecule has 8 heteroatoms. The summed E-state index contributed by atoms with van der Waals surface area (Å²) in [6, 6.07) is 15.9. The maximum absolute atomic E-state index is 13.9. The molecule has 6 aliphatic carbocycles. The number of rotatable bonds is 16. The molecule has 2 aromatic rings. The summed E-state index contributed by atoms with van der Waals surface area (Å²) in [6.45, 7) is 23.0. The number of hydrogen-bond donors (Lipinski definition) is 2. The van der Waals surface area contributed by atoms with E-state index in [4.69, 9.17) is 18.9 Å². The van der Waals surface area contributed by atoms with Crippen molar-refractivity contribution in [3.8, 4) is 11.5 Å². The summed E-state index contributed by atoms with van der Waals surface area (Å²) in [5.74, 6) is 7.72. The highest BCUT2D eigenvalue weighted by Crippen LogP contribution is 2.66. The van der Waals surface area contributed by atoms with Gasteiger partial charge in [0.2, 0.25) is 0 Å². The van der Waals surface area contributed by atoms with Crippen molar-refractivity contribution >= 4 is 11.9 Å². The summed E-state index contributed by atoms with van der Waals surface area (Å²) < 4.78 is 23.9. The van der Waals surface area contributed by atoms with Gasteiger partial charge in [-0.15, -0.1) is 0 Å². The molecule has 2 N–H and O–H groups in total. The lowest BCUT2D eigenvalue weighted by Crippen LogP contribution is -2.56. The lowest BCUT2D eigenvalue weighted by molar-refractivity contribution is -0.182. The number of carbonyl (C=O) groups excluding carboxylic acids is 2. The largest absolute Gasteiger partial charge is 0.491 e. The molecule has 0 radical (unpaired) electrons. The fourth-order valence-electron chi connectivity index (χ4n) is 16.7. The first-order valence-electron chi connectivity index (χ1n) is 27.9. The smallest absolute Gasteiger partial charge is 0.312 e. The topological polar surface area (TPSA) is 112 Å². The van der Waals surface area contributed by atoms with E-state index in [0.29, 0.717) is 35.2 Å². The first-order valence-corrected chi connectivity index (χ1v) is 27.9. The van der Waals surface area contributed by atoms with Crippen molar-refractivity contribution in [2.24, 2.45) is 80.8 Å². The Labute approximate surface area is 417 Å². The van der Waals surface area contributed by atoms with Gasteiger partial charge in [-0.05, 0) is 209 Å². The molecular formula is C61H92O8. The van der Waals surface area contributed by atoms with Crippen molar-refractivity contribution in [1.29, 1.82) is 0 Å². The van der Waals surface area contributed by atoms with Gasteiger partial charge in [0.05, 0.1) is 10.8 Å². The van der Waals surface area contributed by atoms with Gasteiger partial charge in [0.15, 0.2) is 0 Å². The van der Waals surface area contributed by atoms with Gasteiger partial charge in [-0.2, -0.15) is 0 Å². The number of ether oxygens (including phenoxy) is 4. The molecule has 6 fully saturated rings. The average Bonchev–Trinajstić information content (AvgIpc) is 3.33. The van der Waals surface area contributed by atoms with E-state index in [9.17, 15) is 19.8 Å². The van der Waals surface area contributed by atoms with Gasteiger partial charge >= 0.3 is 11.9 Å². The maximum Gasteiger partial charge on any atom is 0.312 e. The molecule has 69 heavy (non-hydrogen) atoms. The monoisotopic (exact) mass is 953 g/mol. The van der Waals surface area contributed by atoms with Gasteiger partial charge in [-0.3, -0.25) is 9.59 Å². The van der Waals surface area contributed by atoms with Crippen LogP contribution in [-0.4, -0.2) is 60.8 Å². The Bertz CT molecular complexity index is 1900. The minimum Gasteiger partial charge on any atom is -0.491 e. The Hall–Kier alpha value is -3.10. The van der Waals surface area contributed by atoms with Crippen LogP contribution in [0.5, 0.6) is 11.5 Å². The van der Waals surface area contributed by atoms with Crippen LogP contribution in [0.3, 0.4) is 0 Å². The molecule has 0 aromatic heterocycles. The lowest BCUT2D eigenvalue weighted by atomic mass is 9.43. The average molecular weight is 953 g/mol. The molecule has 384 valence electrons. The zero-order valence-electron chi connectivity index (χ0n) is 44.5. The minimum atomic E-state index is -0.927. The number of aliphatic hydroxyl groups is 2. The third-order valence-corrected chi connectivity index (χ3v) is 21.0. The zero-order chi connectivity index (χ0) is 49.5. The molecule has 6 saturated carbocycles. The van der Waals surface area contributed by atoms with Crippen molar-refractivity contribution < 1.29 is 38.7 Å². The normalized spacial score (nSPS) is 36.5. The summed E-state index contributed by atoms with van der Waals surface area (Å²) in [6.07, 6.45) is 16.9. The van der Waals surface area contributed by atoms with Crippen molar-refractivity contribution in [1.82, 2.24) is 0 Å². The highest BCUT2D eigenvalue weighted by molar-refractivity contribution is 5.78. The highest BCUT2D eigenvalue weighted by Gasteiger charge is 2.61. The van der Waals surface area contributed by atoms with E-state index in [1.807, 2.05) is 48.5 Å². The fraction of sp³-hybridized carbons (Fsp3) is 0.770. The number of hydrogen-bond acceptors (Lipinski definition) is 8. The molecule has 0 spiro atoms. The first-order chi connectivity index (χ1) is 32.7. The molecule has 0 amide bonds. The lowest BCUT2D eigenvalue weighted by Gasteiger charge is -2.61. The Kier molecular flexibility index (Phi) is 15.7. The zero-order valence-corrected chi connectivity index (χ0v) is 44.5. The SMILES string of the molecule is CC(C)C1CCC2C(CCC3C(C)(C(=O)OCC(O)COc4ccc(C(C)(C)c5ccc(OCC(O)COC(=O)C6(C)CCCC7(C)C8CCC(C(C)C)CC8CCC67)cc5)cc4)CCCC23C)C1. The van der Waals surface area contributed by atoms with Crippen molar-refractivity contribution in [3.63, 3.8) is 0 Å². The number of esters is 2. The molecule has 0 bridgehead atoms. The van der Waals surface area contributed by atoms with Crippen LogP contribution in [0.1, 0.15) is 183 Å². The fourth-order valence-corrected chi connectivity index (χ4v) is 16.7. The third kappa shape index (κ3) is 10.4. The van der Waals surface area contributed by atoms with Gasteiger partial charge in [-0.25, -0.2) is 0 Å². The molecule has 14 unspecified atom stereocenters. The van der Waals surface area contributed by atoms with Gasteiger partial charge in [0.1, 0.15) is 50.1 Å². The van der Waals surface area contributed by atoms with E-state index in [0.717, 1.165) is 85.2 Å². The van der Waals surface area contributed by atoms with E-state index >= 15 is 0 Å². The molecule has 2 aromatic carbocycles. The summed E-state index contributed by atoms with van der Waals surface area (Å²) >= 11 is 0. The van der Waals surface area contributed by atoms with Gasteiger partial charge < -0.3 is 29.2 Å². The van der Waals surface area contributed by atoms with Gasteiger partial charge in [0.25, 0.3) is 0 Å². The van der Waals surface area contributed by atoms with Crippen molar-refractivity contribution in [3.05, 3.63) is 59.7 Å². The molecule has 6 aliphatic rings. The van der Waals surface area contributed by atoms with Crippen molar-refractivity contribution in [2.75, 3.05) is 26.4 Å². The Balaban J connectivity index is 0.767. The summed E-state index contributed by atoms with van der Waals surface area (Å²) in [7, 11) is 0. The quantitative estimate of drug-likeness (QED) is 0.160. The molecule has 0 heterocycles. The van der Waals surface area contributed by atoms with Crippen LogP contribution in [0, 0.1) is 80.8 Å². The second kappa shape index (κ2) is 20.8. The number of aliphatic hydroxyl groups excluding tert-OH is 2. The number of carbonyl (C=O) groups is 2. The standard InChI is InChI=1S/C61H92O8/c1-39(2)41-13-25-51-43(33-41)15-27-53-58(51,7)29-11-31-60(53,9)55(64)68-37-47(62)35-66-49-21-17-45(18-22-49)57(5,6)46-19-23-50(24-20-46)67-36-48(63)38-69-56(65)61(10)32-12-30-59(8)52-26-14-42(40(3)4)34-44(52)16-28-54(59)61/h17-24,39-44,47-48,51-54,62-63H,11-16,25-38H2,1-10H3. The Morgan fingerprint density at radius 3 is 1.29 bits per heavy atom. The first kappa shape index (κ1) is 52.2. The van der Waals surface area contributed by atoms with Crippen LogP contribution in [0.15, 0.2) is 48.5 Å². The summed E-state index contributed by atoms with van der Waals surface area (Å²) in [4.78, 5) is 27.8. The number of fused-ring (bicyclic) bond motifs is 6. The predicted molar refractivity (Wildman–Crippen MR) is 274 cm³/mol. The van der Waals surface area contributed by atoms with Crippen LogP contribution in [0.2, 0.25) is 0 Å². The van der Waals surface area contributed by atoms with Gasteiger partial charge in [0, 0.05) is 5.41 Å². The number of benzene rings is 2. The third-order valence-electron chi connectivity index (χ3n) is 21.0. The van der Waals surface area contributed by atoms with Crippen LogP contribution in [-0.2, 0) is 24.5 Å². The van der Waals surface area contributed by atoms with E-state index in [1.54, 1.807) is 0 Å². The predicted octanol–water partition coefficient (Wildman–Crippen LogP) is 13.2. The van der Waals surface area contributed by atoms with Crippen LogP contribution in [0.4, 0.5) is 0 Å². The van der Waals surface area contributed by atoms with E-state index in [2.05, 4.69) is 69.2 Å². The van der Waals surface area contributed by atoms with Crippen LogP contribution < -0.4 is 9.47 Å². The second-order valence-corrected chi connectivity index (χ2v) is 26.0. The Morgan fingerprint density at radius 2 is 0.928 bits per heavy atom. The van der Waals surface area contributed by atoms with E-state index in [-0.39, 0.29) is 54.6 Å². The molecular weight excluding hydrogens is 861 g/mol.